The number of aromatic nitrogens is 2. The first-order valence-electron chi connectivity index (χ1n) is 7.29. The molecule has 1 aromatic heterocycles. The fourth-order valence-corrected chi connectivity index (χ4v) is 2.60. The first-order chi connectivity index (χ1) is 9.83. The van der Waals surface area contributed by atoms with Gasteiger partial charge in [0.05, 0.1) is 5.69 Å². The van der Waals surface area contributed by atoms with Gasteiger partial charge < -0.3 is 10.1 Å². The SMILES string of the molecule is CC(COc1ccccc1)NCc1n[nH]c2c1CCC2. The van der Waals surface area contributed by atoms with E-state index in [9.17, 15) is 0 Å². The Hall–Kier alpha value is -1.81. The van der Waals surface area contributed by atoms with E-state index in [1.807, 2.05) is 30.3 Å². The minimum Gasteiger partial charge on any atom is -0.492 e. The van der Waals surface area contributed by atoms with Crippen LogP contribution in [0.4, 0.5) is 0 Å². The number of fused-ring (bicyclic) bond motifs is 1. The number of nitrogens with one attached hydrogen (secondary N) is 2. The molecule has 1 aromatic carbocycles. The second kappa shape index (κ2) is 6.09. The van der Waals surface area contributed by atoms with E-state index in [0.717, 1.165) is 25.1 Å². The summed E-state index contributed by atoms with van der Waals surface area (Å²) in [5, 5.41) is 11.0. The fourth-order valence-electron chi connectivity index (χ4n) is 2.60. The third-order valence-electron chi connectivity index (χ3n) is 3.75. The second-order valence-corrected chi connectivity index (χ2v) is 5.39. The van der Waals surface area contributed by atoms with Crippen molar-refractivity contribution in [2.75, 3.05) is 6.61 Å². The molecule has 4 nitrogen and oxygen atoms in total. The molecule has 0 radical (unpaired) electrons. The average molecular weight is 271 g/mol. The number of H-pyrrole nitrogens is 1. The summed E-state index contributed by atoms with van der Waals surface area (Å²) < 4.78 is 5.74. The molecule has 20 heavy (non-hydrogen) atoms. The van der Waals surface area contributed by atoms with E-state index in [2.05, 4.69) is 22.4 Å². The number of aryl methyl sites for hydroxylation is 1. The topological polar surface area (TPSA) is 49.9 Å². The van der Waals surface area contributed by atoms with Gasteiger partial charge in [-0.1, -0.05) is 18.2 Å². The van der Waals surface area contributed by atoms with Gasteiger partial charge in [-0.25, -0.2) is 0 Å². The lowest BCUT2D eigenvalue weighted by Gasteiger charge is -2.14. The second-order valence-electron chi connectivity index (χ2n) is 5.39. The predicted octanol–water partition coefficient (Wildman–Crippen LogP) is 2.46. The molecule has 0 saturated heterocycles. The number of nitrogens with zero attached hydrogens (tertiary/aromatic N) is 1. The van der Waals surface area contributed by atoms with E-state index in [4.69, 9.17) is 4.74 Å². The normalized spacial score (nSPS) is 15.1. The lowest BCUT2D eigenvalue weighted by molar-refractivity contribution is 0.272. The maximum Gasteiger partial charge on any atom is 0.119 e. The van der Waals surface area contributed by atoms with Gasteiger partial charge in [0.15, 0.2) is 0 Å². The molecule has 1 heterocycles. The van der Waals surface area contributed by atoms with E-state index in [1.165, 1.54) is 23.4 Å². The molecule has 3 rings (SSSR count). The highest BCUT2D eigenvalue weighted by Gasteiger charge is 2.18. The minimum atomic E-state index is 0.295. The summed E-state index contributed by atoms with van der Waals surface area (Å²) in [4.78, 5) is 0. The molecule has 0 aliphatic heterocycles. The van der Waals surface area contributed by atoms with Gasteiger partial charge >= 0.3 is 0 Å². The summed E-state index contributed by atoms with van der Waals surface area (Å²) in [5.74, 6) is 0.918. The van der Waals surface area contributed by atoms with Crippen LogP contribution in [0.2, 0.25) is 0 Å². The van der Waals surface area contributed by atoms with Crippen molar-refractivity contribution in [2.24, 2.45) is 0 Å². The quantitative estimate of drug-likeness (QED) is 0.848. The first kappa shape index (κ1) is 13.2. The summed E-state index contributed by atoms with van der Waals surface area (Å²) in [6.45, 7) is 3.61. The number of benzene rings is 1. The van der Waals surface area contributed by atoms with Crippen LogP contribution < -0.4 is 10.1 Å². The van der Waals surface area contributed by atoms with Crippen LogP contribution in [-0.2, 0) is 19.4 Å². The summed E-state index contributed by atoms with van der Waals surface area (Å²) >= 11 is 0. The van der Waals surface area contributed by atoms with Crippen LogP contribution in [0, 0.1) is 0 Å². The van der Waals surface area contributed by atoms with Crippen LogP contribution >= 0.6 is 0 Å². The van der Waals surface area contributed by atoms with Gasteiger partial charge in [-0.05, 0) is 43.9 Å². The Labute approximate surface area is 119 Å². The Morgan fingerprint density at radius 3 is 3.00 bits per heavy atom. The fraction of sp³-hybridized carbons (Fsp3) is 0.438. The number of hydrogen-bond acceptors (Lipinski definition) is 3. The first-order valence-corrected chi connectivity index (χ1v) is 7.29. The Morgan fingerprint density at radius 1 is 1.30 bits per heavy atom. The van der Waals surface area contributed by atoms with Crippen LogP contribution in [0.25, 0.3) is 0 Å². The molecule has 0 fully saturated rings. The molecule has 1 atom stereocenters. The summed E-state index contributed by atoms with van der Waals surface area (Å²) in [7, 11) is 0. The van der Waals surface area contributed by atoms with Crippen LogP contribution in [0.3, 0.4) is 0 Å². The Morgan fingerprint density at radius 2 is 2.15 bits per heavy atom. The van der Waals surface area contributed by atoms with E-state index >= 15 is 0 Å². The molecule has 0 spiro atoms. The maximum absolute atomic E-state index is 5.74. The molecule has 1 unspecified atom stereocenters. The molecule has 1 aliphatic rings. The Balaban J connectivity index is 1.46. The highest BCUT2D eigenvalue weighted by molar-refractivity contribution is 5.29. The number of hydrogen-bond donors (Lipinski definition) is 2. The van der Waals surface area contributed by atoms with Crippen molar-refractivity contribution < 1.29 is 4.74 Å². The molecule has 4 heteroatoms. The van der Waals surface area contributed by atoms with Crippen LogP contribution in [0.5, 0.6) is 5.75 Å². The van der Waals surface area contributed by atoms with Gasteiger partial charge in [0.2, 0.25) is 0 Å². The summed E-state index contributed by atoms with van der Waals surface area (Å²) in [6, 6.07) is 10.2. The van der Waals surface area contributed by atoms with Crippen molar-refractivity contribution in [1.82, 2.24) is 15.5 Å². The van der Waals surface area contributed by atoms with E-state index in [-0.39, 0.29) is 0 Å². The molecular formula is C16H21N3O. The number of rotatable bonds is 6. The smallest absolute Gasteiger partial charge is 0.119 e. The van der Waals surface area contributed by atoms with Gasteiger partial charge in [0, 0.05) is 18.3 Å². The van der Waals surface area contributed by atoms with Crippen molar-refractivity contribution in [3.8, 4) is 5.75 Å². The Bertz CT molecular complexity index is 550. The molecular weight excluding hydrogens is 250 g/mol. The van der Waals surface area contributed by atoms with E-state index in [1.54, 1.807) is 0 Å². The number of para-hydroxylation sites is 1. The van der Waals surface area contributed by atoms with E-state index < -0.39 is 0 Å². The highest BCUT2D eigenvalue weighted by Crippen LogP contribution is 2.22. The third kappa shape index (κ3) is 3.02. The lowest BCUT2D eigenvalue weighted by atomic mass is 10.2. The molecule has 0 bridgehead atoms. The van der Waals surface area contributed by atoms with Gasteiger partial charge in [-0.3, -0.25) is 5.10 Å². The molecule has 106 valence electrons. The van der Waals surface area contributed by atoms with Crippen LogP contribution in [0.1, 0.15) is 30.3 Å². The maximum atomic E-state index is 5.74. The Kier molecular flexibility index (Phi) is 4.02. The molecule has 0 saturated carbocycles. The zero-order valence-electron chi connectivity index (χ0n) is 11.9. The average Bonchev–Trinajstić information content (AvgIpc) is 3.07. The van der Waals surface area contributed by atoms with Crippen LogP contribution in [0.15, 0.2) is 30.3 Å². The minimum absolute atomic E-state index is 0.295. The van der Waals surface area contributed by atoms with Gasteiger partial charge in [-0.15, -0.1) is 0 Å². The monoisotopic (exact) mass is 271 g/mol. The third-order valence-corrected chi connectivity index (χ3v) is 3.75. The largest absolute Gasteiger partial charge is 0.492 e. The zero-order valence-corrected chi connectivity index (χ0v) is 11.9. The van der Waals surface area contributed by atoms with Crippen molar-refractivity contribution >= 4 is 0 Å². The highest BCUT2D eigenvalue weighted by atomic mass is 16.5. The molecule has 0 amide bonds. The van der Waals surface area contributed by atoms with Crippen molar-refractivity contribution in [1.29, 1.82) is 0 Å². The standard InChI is InChI=1S/C16H21N3O/c1-12(11-20-13-6-3-2-4-7-13)17-10-16-14-8-5-9-15(14)18-19-16/h2-4,6-7,12,17H,5,8-11H2,1H3,(H,18,19). The number of ether oxygens (including phenoxy) is 1. The lowest BCUT2D eigenvalue weighted by Crippen LogP contribution is -2.31. The summed E-state index contributed by atoms with van der Waals surface area (Å²) in [6.07, 6.45) is 3.57. The van der Waals surface area contributed by atoms with Crippen molar-refractivity contribution in [3.63, 3.8) is 0 Å². The zero-order chi connectivity index (χ0) is 13.8. The van der Waals surface area contributed by atoms with Crippen LogP contribution in [-0.4, -0.2) is 22.8 Å². The number of aromatic amines is 1. The summed E-state index contributed by atoms with van der Waals surface area (Å²) in [5.41, 5.74) is 3.92. The van der Waals surface area contributed by atoms with Gasteiger partial charge in [0.25, 0.3) is 0 Å². The van der Waals surface area contributed by atoms with Gasteiger partial charge in [-0.2, -0.15) is 5.10 Å². The molecule has 2 aromatic rings. The predicted molar refractivity (Wildman–Crippen MR) is 78.9 cm³/mol. The van der Waals surface area contributed by atoms with Crippen molar-refractivity contribution in [3.05, 3.63) is 47.3 Å². The molecule has 2 N–H and O–H groups in total. The molecule has 1 aliphatic carbocycles. The van der Waals surface area contributed by atoms with E-state index in [0.29, 0.717) is 12.6 Å². The van der Waals surface area contributed by atoms with Crippen molar-refractivity contribution in [2.45, 2.75) is 38.8 Å². The van der Waals surface area contributed by atoms with Gasteiger partial charge in [0.1, 0.15) is 12.4 Å².